The van der Waals surface area contributed by atoms with Crippen molar-refractivity contribution in [3.8, 4) is 0 Å². The third-order valence-corrected chi connectivity index (χ3v) is 6.73. The summed E-state index contributed by atoms with van der Waals surface area (Å²) < 4.78 is 1.75. The molecule has 10 nitrogen and oxygen atoms in total. The standard InChI is InChI=1S/C25H34N6O4/c1-18-26-24-20(16-19-8-3-2-4-9-19)27-25(35)21-10-5-6-13-30(21)22(33)11-7-12-29(23(34)17-32)14-15-31(24)28-18/h2-4,8-9,20-21,32H,5-7,10-17H2,1H3,(H,27,35)/t20-,21+/m1/s1. The molecule has 1 saturated heterocycles. The second kappa shape index (κ2) is 11.4. The Morgan fingerprint density at radius 1 is 1.09 bits per heavy atom. The van der Waals surface area contributed by atoms with Gasteiger partial charge in [0.05, 0.1) is 12.6 Å². The van der Waals surface area contributed by atoms with Crippen LogP contribution >= 0.6 is 0 Å². The lowest BCUT2D eigenvalue weighted by Gasteiger charge is -2.36. The Morgan fingerprint density at radius 3 is 2.66 bits per heavy atom. The SMILES string of the molecule is Cc1nc2n(n1)CCN(C(=O)CO)CCCC(=O)N1CCCC[C@H]1C(=O)N[C@@H]2Cc1ccccc1. The molecule has 2 aromatic rings. The van der Waals surface area contributed by atoms with Crippen LogP contribution in [0.25, 0.3) is 0 Å². The molecule has 0 radical (unpaired) electrons. The number of nitrogens with one attached hydrogen (secondary N) is 1. The normalized spacial score (nSPS) is 22.1. The third-order valence-electron chi connectivity index (χ3n) is 6.73. The number of aliphatic hydroxyl groups is 1. The summed E-state index contributed by atoms with van der Waals surface area (Å²) in [6, 6.07) is 8.89. The quantitative estimate of drug-likeness (QED) is 0.673. The molecule has 0 spiro atoms. The van der Waals surface area contributed by atoms with Crippen LogP contribution in [0.5, 0.6) is 0 Å². The average molecular weight is 483 g/mol. The van der Waals surface area contributed by atoms with Crippen LogP contribution in [-0.2, 0) is 27.3 Å². The van der Waals surface area contributed by atoms with Crippen molar-refractivity contribution in [3.05, 3.63) is 47.5 Å². The Hall–Kier alpha value is -3.27. The van der Waals surface area contributed by atoms with E-state index in [9.17, 15) is 19.5 Å². The molecule has 3 amide bonds. The predicted molar refractivity (Wildman–Crippen MR) is 128 cm³/mol. The predicted octanol–water partition coefficient (Wildman–Crippen LogP) is 0.982. The number of hydrogen-bond donors (Lipinski definition) is 2. The average Bonchev–Trinajstić information content (AvgIpc) is 3.25. The fraction of sp³-hybridized carbons (Fsp3) is 0.560. The summed E-state index contributed by atoms with van der Waals surface area (Å²) in [6.07, 6.45) is 3.61. The lowest BCUT2D eigenvalue weighted by Crippen LogP contribution is -2.53. The van der Waals surface area contributed by atoms with Crippen LogP contribution in [0.15, 0.2) is 30.3 Å². The molecule has 188 valence electrons. The molecular weight excluding hydrogens is 448 g/mol. The third kappa shape index (κ3) is 6.05. The number of fused-ring (bicyclic) bond motifs is 2. The summed E-state index contributed by atoms with van der Waals surface area (Å²) in [5.74, 6) is 0.568. The maximum atomic E-state index is 13.5. The van der Waals surface area contributed by atoms with E-state index in [1.54, 1.807) is 21.4 Å². The fourth-order valence-electron chi connectivity index (χ4n) is 4.96. The second-order valence-corrected chi connectivity index (χ2v) is 9.23. The molecule has 3 heterocycles. The Kier molecular flexibility index (Phi) is 8.12. The summed E-state index contributed by atoms with van der Waals surface area (Å²) in [5, 5.41) is 17.2. The van der Waals surface area contributed by atoms with Gasteiger partial charge in [-0.25, -0.2) is 9.67 Å². The van der Waals surface area contributed by atoms with Gasteiger partial charge in [0.2, 0.25) is 17.7 Å². The Bertz CT molecular complexity index is 1040. The molecule has 0 unspecified atom stereocenters. The van der Waals surface area contributed by atoms with Gasteiger partial charge in [-0.3, -0.25) is 14.4 Å². The minimum atomic E-state index is -0.585. The molecule has 1 fully saturated rings. The monoisotopic (exact) mass is 482 g/mol. The molecule has 0 bridgehead atoms. The van der Waals surface area contributed by atoms with Crippen molar-refractivity contribution in [2.75, 3.05) is 26.2 Å². The van der Waals surface area contributed by atoms with Gasteiger partial charge in [-0.15, -0.1) is 0 Å². The smallest absolute Gasteiger partial charge is 0.248 e. The molecule has 35 heavy (non-hydrogen) atoms. The molecule has 0 saturated carbocycles. The molecule has 2 aliphatic rings. The van der Waals surface area contributed by atoms with E-state index in [1.165, 1.54) is 0 Å². The van der Waals surface area contributed by atoms with Gasteiger partial charge >= 0.3 is 0 Å². The number of amides is 3. The number of carbonyl (C=O) groups excluding carboxylic acids is 3. The number of aryl methyl sites for hydroxylation is 1. The van der Waals surface area contributed by atoms with Crippen molar-refractivity contribution in [3.63, 3.8) is 0 Å². The Balaban J connectivity index is 1.70. The molecule has 2 atom stereocenters. The molecule has 1 aromatic heterocycles. The highest BCUT2D eigenvalue weighted by Gasteiger charge is 2.34. The van der Waals surface area contributed by atoms with Crippen LogP contribution in [-0.4, -0.2) is 79.7 Å². The van der Waals surface area contributed by atoms with Crippen molar-refractivity contribution in [2.45, 2.75) is 64.1 Å². The summed E-state index contributed by atoms with van der Waals surface area (Å²) in [5.41, 5.74) is 1.04. The van der Waals surface area contributed by atoms with Gasteiger partial charge in [-0.1, -0.05) is 30.3 Å². The lowest BCUT2D eigenvalue weighted by atomic mass is 9.99. The maximum Gasteiger partial charge on any atom is 0.248 e. The molecule has 2 N–H and O–H groups in total. The van der Waals surface area contributed by atoms with E-state index in [0.29, 0.717) is 57.1 Å². The summed E-state index contributed by atoms with van der Waals surface area (Å²) in [6.45, 7) is 2.81. The number of piperidine rings is 1. The van der Waals surface area contributed by atoms with E-state index < -0.39 is 18.7 Å². The topological polar surface area (TPSA) is 121 Å². The van der Waals surface area contributed by atoms with Crippen LogP contribution < -0.4 is 5.32 Å². The van der Waals surface area contributed by atoms with Crippen LogP contribution in [0.3, 0.4) is 0 Å². The number of benzene rings is 1. The van der Waals surface area contributed by atoms with Crippen LogP contribution in [0, 0.1) is 6.92 Å². The minimum Gasteiger partial charge on any atom is -0.387 e. The van der Waals surface area contributed by atoms with Gasteiger partial charge in [0.1, 0.15) is 24.3 Å². The Labute approximate surface area is 205 Å². The van der Waals surface area contributed by atoms with Gasteiger partial charge in [0.25, 0.3) is 0 Å². The first-order valence-electron chi connectivity index (χ1n) is 12.4. The maximum absolute atomic E-state index is 13.5. The van der Waals surface area contributed by atoms with Gasteiger partial charge in [-0.05, 0) is 44.6 Å². The van der Waals surface area contributed by atoms with Gasteiger partial charge in [0.15, 0.2) is 0 Å². The molecule has 2 aliphatic heterocycles. The van der Waals surface area contributed by atoms with E-state index >= 15 is 0 Å². The van der Waals surface area contributed by atoms with Gasteiger partial charge in [0, 0.05) is 26.1 Å². The first kappa shape index (κ1) is 24.8. The molecular formula is C25H34N6O4. The van der Waals surface area contributed by atoms with Crippen LogP contribution in [0.4, 0.5) is 0 Å². The zero-order valence-electron chi connectivity index (χ0n) is 20.2. The van der Waals surface area contributed by atoms with Crippen molar-refractivity contribution in [1.82, 2.24) is 29.9 Å². The summed E-state index contributed by atoms with van der Waals surface area (Å²) >= 11 is 0. The number of rotatable bonds is 3. The number of nitrogens with zero attached hydrogens (tertiary/aromatic N) is 5. The molecule has 1 aromatic carbocycles. The zero-order valence-corrected chi connectivity index (χ0v) is 20.2. The van der Waals surface area contributed by atoms with Crippen molar-refractivity contribution in [2.24, 2.45) is 0 Å². The van der Waals surface area contributed by atoms with E-state index in [-0.39, 0.29) is 24.1 Å². The van der Waals surface area contributed by atoms with E-state index in [0.717, 1.165) is 18.4 Å². The van der Waals surface area contributed by atoms with Crippen molar-refractivity contribution in [1.29, 1.82) is 0 Å². The summed E-state index contributed by atoms with van der Waals surface area (Å²) in [4.78, 5) is 46.8. The van der Waals surface area contributed by atoms with Gasteiger partial charge < -0.3 is 20.2 Å². The van der Waals surface area contributed by atoms with Crippen LogP contribution in [0.2, 0.25) is 0 Å². The van der Waals surface area contributed by atoms with E-state index in [2.05, 4.69) is 15.4 Å². The Morgan fingerprint density at radius 2 is 1.89 bits per heavy atom. The highest BCUT2D eigenvalue weighted by atomic mass is 16.3. The molecule has 0 aliphatic carbocycles. The first-order chi connectivity index (χ1) is 17.0. The van der Waals surface area contributed by atoms with Crippen molar-refractivity contribution < 1.29 is 19.5 Å². The molecule has 4 rings (SSSR count). The number of aromatic nitrogens is 3. The fourth-order valence-corrected chi connectivity index (χ4v) is 4.96. The molecule has 10 heteroatoms. The minimum absolute atomic E-state index is 0.0723. The zero-order chi connectivity index (χ0) is 24.8. The number of hydrogen-bond acceptors (Lipinski definition) is 6. The van der Waals surface area contributed by atoms with E-state index in [1.807, 2.05) is 30.3 Å². The van der Waals surface area contributed by atoms with E-state index in [4.69, 9.17) is 0 Å². The highest BCUT2D eigenvalue weighted by Crippen LogP contribution is 2.23. The summed E-state index contributed by atoms with van der Waals surface area (Å²) in [7, 11) is 0. The highest BCUT2D eigenvalue weighted by molar-refractivity contribution is 5.88. The lowest BCUT2D eigenvalue weighted by molar-refractivity contribution is -0.143. The number of carbonyl (C=O) groups is 3. The number of aliphatic hydroxyl groups excluding tert-OH is 1. The van der Waals surface area contributed by atoms with Gasteiger partial charge in [-0.2, -0.15) is 5.10 Å². The second-order valence-electron chi connectivity index (χ2n) is 9.23. The first-order valence-corrected chi connectivity index (χ1v) is 12.4. The van der Waals surface area contributed by atoms with Crippen molar-refractivity contribution >= 4 is 17.7 Å². The largest absolute Gasteiger partial charge is 0.387 e. The van der Waals surface area contributed by atoms with Crippen LogP contribution in [0.1, 0.15) is 55.4 Å².